The van der Waals surface area contributed by atoms with E-state index >= 15 is 0 Å². The summed E-state index contributed by atoms with van der Waals surface area (Å²) in [5, 5.41) is 10.9. The fourth-order valence-electron chi connectivity index (χ4n) is 3.37. The van der Waals surface area contributed by atoms with E-state index in [1.807, 2.05) is 19.1 Å². The Morgan fingerprint density at radius 1 is 0.929 bits per heavy atom. The minimum Gasteiger partial charge on any atom is -0.507 e. The summed E-state index contributed by atoms with van der Waals surface area (Å²) in [7, 11) is 0. The largest absolute Gasteiger partial charge is 0.507 e. The second kappa shape index (κ2) is 10.3. The highest BCUT2D eigenvalue weighted by Crippen LogP contribution is 2.41. The third-order valence-electron chi connectivity index (χ3n) is 5.34. The second-order valence-corrected chi connectivity index (χ2v) is 10.1. The van der Waals surface area contributed by atoms with Gasteiger partial charge >= 0.3 is 5.97 Å². The van der Waals surface area contributed by atoms with Gasteiger partial charge in [-0.25, -0.2) is 0 Å². The van der Waals surface area contributed by atoms with Crippen molar-refractivity contribution in [2.75, 3.05) is 6.61 Å². The number of aromatic hydroxyl groups is 1. The monoisotopic (exact) mass is 390 g/mol. The molecule has 28 heavy (non-hydrogen) atoms. The van der Waals surface area contributed by atoms with Crippen molar-refractivity contribution in [1.29, 1.82) is 0 Å². The SMILES string of the molecule is CCCCCCCCOC(=O)C(C)c1cc(C(C)(C)C)c(O)c(C(C)(C)C)c1. The molecule has 1 aromatic rings. The Kier molecular flexibility index (Phi) is 9.04. The zero-order valence-corrected chi connectivity index (χ0v) is 19.4. The first-order valence-corrected chi connectivity index (χ1v) is 10.9. The van der Waals surface area contributed by atoms with Crippen LogP contribution in [0.4, 0.5) is 0 Å². The Bertz CT molecular complexity index is 597. The lowest BCUT2D eigenvalue weighted by atomic mass is 9.77. The number of carbonyl (C=O) groups is 1. The molecule has 1 rings (SSSR count). The number of unbranched alkanes of at least 4 members (excludes halogenated alkanes) is 5. The Hall–Kier alpha value is -1.51. The number of esters is 1. The number of hydrogen-bond acceptors (Lipinski definition) is 3. The van der Waals surface area contributed by atoms with Crippen LogP contribution in [-0.4, -0.2) is 17.7 Å². The molecule has 3 heteroatoms. The molecule has 0 saturated heterocycles. The van der Waals surface area contributed by atoms with Crippen molar-refractivity contribution in [3.63, 3.8) is 0 Å². The molecule has 0 spiro atoms. The quantitative estimate of drug-likeness (QED) is 0.365. The third kappa shape index (κ3) is 7.14. The zero-order chi connectivity index (χ0) is 21.5. The standard InChI is InChI=1S/C25H42O3/c1-9-10-11-12-13-14-15-28-23(27)18(2)19-16-20(24(3,4)5)22(26)21(17-19)25(6,7)8/h16-18,26H,9-15H2,1-8H3. The molecular formula is C25H42O3. The smallest absolute Gasteiger partial charge is 0.313 e. The van der Waals surface area contributed by atoms with Crippen molar-refractivity contribution < 1.29 is 14.6 Å². The minimum absolute atomic E-state index is 0.182. The van der Waals surface area contributed by atoms with Crippen molar-refractivity contribution in [1.82, 2.24) is 0 Å². The van der Waals surface area contributed by atoms with Crippen LogP contribution in [0.15, 0.2) is 12.1 Å². The number of hydrogen-bond donors (Lipinski definition) is 1. The summed E-state index contributed by atoms with van der Waals surface area (Å²) in [5.74, 6) is -0.182. The Labute approximate surface area is 172 Å². The van der Waals surface area contributed by atoms with E-state index in [1.54, 1.807) is 0 Å². The van der Waals surface area contributed by atoms with E-state index in [-0.39, 0.29) is 22.7 Å². The lowest BCUT2D eigenvalue weighted by molar-refractivity contribution is -0.145. The van der Waals surface area contributed by atoms with Crippen LogP contribution in [0.5, 0.6) is 5.75 Å². The highest BCUT2D eigenvalue weighted by Gasteiger charge is 2.29. The van der Waals surface area contributed by atoms with Crippen LogP contribution in [0.2, 0.25) is 0 Å². The summed E-state index contributed by atoms with van der Waals surface area (Å²) >= 11 is 0. The summed E-state index contributed by atoms with van der Waals surface area (Å²) in [6.07, 6.45) is 7.04. The van der Waals surface area contributed by atoms with E-state index < -0.39 is 0 Å². The maximum absolute atomic E-state index is 12.6. The van der Waals surface area contributed by atoms with Gasteiger partial charge in [-0.1, -0.05) is 92.7 Å². The molecule has 0 bridgehead atoms. The predicted octanol–water partition coefficient (Wildman–Crippen LogP) is 6.99. The summed E-state index contributed by atoms with van der Waals surface area (Å²) < 4.78 is 5.54. The average molecular weight is 391 g/mol. The van der Waals surface area contributed by atoms with Crippen LogP contribution in [-0.2, 0) is 20.4 Å². The third-order valence-corrected chi connectivity index (χ3v) is 5.34. The number of rotatable bonds is 9. The highest BCUT2D eigenvalue weighted by atomic mass is 16.5. The maximum atomic E-state index is 12.6. The van der Waals surface area contributed by atoms with Crippen molar-refractivity contribution in [2.45, 2.75) is 111 Å². The molecule has 1 atom stereocenters. The molecule has 0 saturated carbocycles. The summed E-state index contributed by atoms with van der Waals surface area (Å²) in [6.45, 7) is 17.1. The molecule has 3 nitrogen and oxygen atoms in total. The molecule has 1 unspecified atom stereocenters. The topological polar surface area (TPSA) is 46.5 Å². The van der Waals surface area contributed by atoms with E-state index in [0.717, 1.165) is 29.5 Å². The van der Waals surface area contributed by atoms with E-state index in [1.165, 1.54) is 25.7 Å². The Morgan fingerprint density at radius 2 is 1.39 bits per heavy atom. The first kappa shape index (κ1) is 24.5. The van der Waals surface area contributed by atoms with Gasteiger partial charge in [-0.3, -0.25) is 4.79 Å². The molecule has 0 aliphatic rings. The van der Waals surface area contributed by atoms with Crippen molar-refractivity contribution in [3.05, 3.63) is 28.8 Å². The summed E-state index contributed by atoms with van der Waals surface area (Å²) in [6, 6.07) is 3.95. The van der Waals surface area contributed by atoms with Gasteiger partial charge in [0.15, 0.2) is 0 Å². The van der Waals surface area contributed by atoms with Gasteiger partial charge in [0.05, 0.1) is 12.5 Å². The van der Waals surface area contributed by atoms with Crippen LogP contribution in [0, 0.1) is 0 Å². The molecule has 0 amide bonds. The van der Waals surface area contributed by atoms with Gasteiger partial charge in [0, 0.05) is 0 Å². The summed E-state index contributed by atoms with van der Waals surface area (Å²) in [4.78, 5) is 12.6. The maximum Gasteiger partial charge on any atom is 0.313 e. The number of ether oxygens (including phenoxy) is 1. The van der Waals surface area contributed by atoms with Gasteiger partial charge in [-0.15, -0.1) is 0 Å². The van der Waals surface area contributed by atoms with Gasteiger partial charge in [-0.2, -0.15) is 0 Å². The predicted molar refractivity (Wildman–Crippen MR) is 118 cm³/mol. The molecule has 0 aromatic heterocycles. The fraction of sp³-hybridized carbons (Fsp3) is 0.720. The van der Waals surface area contributed by atoms with Gasteiger partial charge in [0.2, 0.25) is 0 Å². The number of carbonyl (C=O) groups excluding carboxylic acids is 1. The molecule has 0 aliphatic carbocycles. The van der Waals surface area contributed by atoms with E-state index in [9.17, 15) is 9.90 Å². The zero-order valence-electron chi connectivity index (χ0n) is 19.4. The number of benzene rings is 1. The molecule has 1 N–H and O–H groups in total. The molecule has 0 heterocycles. The van der Waals surface area contributed by atoms with Gasteiger partial charge in [0.1, 0.15) is 5.75 Å². The molecule has 0 aliphatic heterocycles. The van der Waals surface area contributed by atoms with Crippen LogP contribution < -0.4 is 0 Å². The van der Waals surface area contributed by atoms with Crippen molar-refractivity contribution >= 4 is 5.97 Å². The fourth-order valence-corrected chi connectivity index (χ4v) is 3.37. The normalized spacial score (nSPS) is 13.4. The molecule has 160 valence electrons. The van der Waals surface area contributed by atoms with Crippen LogP contribution in [0.25, 0.3) is 0 Å². The average Bonchev–Trinajstić information content (AvgIpc) is 2.58. The van der Waals surface area contributed by atoms with E-state index in [0.29, 0.717) is 12.4 Å². The first-order valence-electron chi connectivity index (χ1n) is 10.9. The molecular weight excluding hydrogens is 348 g/mol. The van der Waals surface area contributed by atoms with Crippen LogP contribution >= 0.6 is 0 Å². The van der Waals surface area contributed by atoms with Crippen molar-refractivity contribution in [2.24, 2.45) is 0 Å². The van der Waals surface area contributed by atoms with Crippen LogP contribution in [0.3, 0.4) is 0 Å². The van der Waals surface area contributed by atoms with Gasteiger partial charge in [0.25, 0.3) is 0 Å². The van der Waals surface area contributed by atoms with E-state index in [4.69, 9.17) is 4.74 Å². The first-order chi connectivity index (χ1) is 12.9. The number of phenols is 1. The molecule has 0 fully saturated rings. The molecule has 1 aromatic carbocycles. The number of phenolic OH excluding ortho intramolecular Hbond substituents is 1. The Morgan fingerprint density at radius 3 is 1.86 bits per heavy atom. The Balaban J connectivity index is 2.89. The second-order valence-electron chi connectivity index (χ2n) is 10.1. The van der Waals surface area contributed by atoms with E-state index in [2.05, 4.69) is 48.5 Å². The highest BCUT2D eigenvalue weighted by molar-refractivity contribution is 5.78. The van der Waals surface area contributed by atoms with Gasteiger partial charge in [-0.05, 0) is 40.9 Å². The lowest BCUT2D eigenvalue weighted by Crippen LogP contribution is -2.20. The minimum atomic E-state index is -0.345. The van der Waals surface area contributed by atoms with Crippen molar-refractivity contribution in [3.8, 4) is 5.75 Å². The lowest BCUT2D eigenvalue weighted by Gasteiger charge is -2.29. The van der Waals surface area contributed by atoms with Gasteiger partial charge < -0.3 is 9.84 Å². The van der Waals surface area contributed by atoms with Crippen LogP contribution in [0.1, 0.15) is 117 Å². The molecule has 0 radical (unpaired) electrons. The summed E-state index contributed by atoms with van der Waals surface area (Å²) in [5.41, 5.74) is 2.27.